The number of hydrogen-bond donors (Lipinski definition) is 2. The fourth-order valence-electron chi connectivity index (χ4n) is 4.00. The third-order valence-corrected chi connectivity index (χ3v) is 5.44. The molecule has 2 N–H and O–H groups in total. The molecule has 3 rings (SSSR count). The van der Waals surface area contributed by atoms with Crippen molar-refractivity contribution in [2.75, 3.05) is 25.1 Å². The Balaban J connectivity index is -0.000000499. The van der Waals surface area contributed by atoms with Gasteiger partial charge in [0.25, 0.3) is 0 Å². The summed E-state index contributed by atoms with van der Waals surface area (Å²) in [4.78, 5) is 45.0. The zero-order valence-electron chi connectivity index (χ0n) is 25.6. The van der Waals surface area contributed by atoms with Crippen molar-refractivity contribution >= 4 is 61.1 Å². The van der Waals surface area contributed by atoms with Gasteiger partial charge in [0.2, 0.25) is 0 Å². The summed E-state index contributed by atoms with van der Waals surface area (Å²) >= 11 is 4.08. The fourth-order valence-corrected chi connectivity index (χ4v) is 4.00. The van der Waals surface area contributed by atoms with Gasteiger partial charge in [0.1, 0.15) is 18.3 Å². The third-order valence-electron chi connectivity index (χ3n) is 5.44. The second-order valence-electron chi connectivity index (χ2n) is 8.62. The van der Waals surface area contributed by atoms with Crippen molar-refractivity contribution in [1.29, 1.82) is 0.594 Å². The van der Waals surface area contributed by atoms with Crippen LogP contribution in [0.15, 0.2) is 12.2 Å². The van der Waals surface area contributed by atoms with Crippen LogP contribution >= 0.6 is 37.2 Å². The Bertz CT molecular complexity index is 614. The Kier molecular flexibility index (Phi) is 33.1. The monoisotopic (exact) mass is 914 g/mol. The van der Waals surface area contributed by atoms with Crippen LogP contribution in [0.1, 0.15) is 85.5 Å². The van der Waals surface area contributed by atoms with Gasteiger partial charge in [-0.25, -0.2) is 0 Å². The molecule has 3 aliphatic rings. The van der Waals surface area contributed by atoms with Crippen molar-refractivity contribution in [3.05, 3.63) is 12.2 Å². The maximum atomic E-state index is 10.8. The Morgan fingerprint density at radius 1 is 0.725 bits per heavy atom. The number of halogens is 3. The minimum absolute atomic E-state index is 0.160. The van der Waals surface area contributed by atoms with E-state index >= 15 is 0 Å². The molecular weight excluding hydrogens is 863 g/mol. The van der Waals surface area contributed by atoms with Crippen LogP contribution in [0.25, 0.3) is 0 Å². The molecule has 1 saturated carbocycles. The van der Waals surface area contributed by atoms with E-state index in [2.05, 4.69) is 54.7 Å². The van der Waals surface area contributed by atoms with Gasteiger partial charge < -0.3 is 29.4 Å². The molecule has 2 aliphatic carbocycles. The number of allylic oxidation sites excluding steroid dienone is 2. The van der Waals surface area contributed by atoms with E-state index in [4.69, 9.17) is 24.6 Å². The summed E-state index contributed by atoms with van der Waals surface area (Å²) in [7, 11) is 1.00. The van der Waals surface area contributed by atoms with Gasteiger partial charge in [0, 0.05) is 85.0 Å². The topological polar surface area (TPSA) is 137 Å². The summed E-state index contributed by atoms with van der Waals surface area (Å²) < 4.78 is 26.6. The summed E-state index contributed by atoms with van der Waals surface area (Å²) in [5, 5.41) is 10.1. The summed E-state index contributed by atoms with van der Waals surface area (Å²) in [5.74, 6) is -1.31. The van der Waals surface area contributed by atoms with E-state index in [0.29, 0.717) is 13.0 Å². The summed E-state index contributed by atoms with van der Waals surface area (Å²) in [6.07, 6.45) is 13.1. The maximum absolute atomic E-state index is 10.8. The summed E-state index contributed by atoms with van der Waals surface area (Å²) in [6, 6.07) is 0. The van der Waals surface area contributed by atoms with Crippen molar-refractivity contribution in [2.45, 2.75) is 110 Å². The molecule has 4 atom stereocenters. The van der Waals surface area contributed by atoms with E-state index in [0.717, 1.165) is 39.3 Å². The van der Waals surface area contributed by atoms with E-state index < -0.39 is 0 Å². The molecule has 2 fully saturated rings. The van der Waals surface area contributed by atoms with E-state index in [1.165, 1.54) is 53.4 Å². The number of alkyl halides is 1. The van der Waals surface area contributed by atoms with Crippen LogP contribution in [0.2, 0.25) is 0 Å². The predicted molar refractivity (Wildman–Crippen MR) is 169 cm³/mol. The molecule has 1 saturated heterocycles. The summed E-state index contributed by atoms with van der Waals surface area (Å²) in [6.45, 7) is 6.76. The Morgan fingerprint density at radius 3 is 1.35 bits per heavy atom. The van der Waals surface area contributed by atoms with E-state index in [1.807, 2.05) is 4.93 Å². The molecule has 10 nitrogen and oxygen atoms in total. The number of aliphatic hydroxyl groups excluding tert-OH is 1. The molecule has 1 heterocycles. The molecule has 0 aromatic rings. The van der Waals surface area contributed by atoms with Gasteiger partial charge in [-0.1, -0.05) is 12.2 Å². The van der Waals surface area contributed by atoms with Gasteiger partial charge in [0.05, 0.1) is 0 Å². The molecule has 0 aromatic carbocycles. The molecular formula is C27H49I3NO9-. The standard InChI is InChI=1S/C10H16O4.C9H15NO4.C6H10.CH4I.CH4O.I2/c1-7(11)13-9-5-3-4-6-10(9)14-8(2)12;1-6(11)13-8-3-4-10-5-9(8)14-7(2)12;1-2-4-6-5-3-1;3*1-2/h9-10H,3-6H2,1-2H3;8-10H,3-5H2,1-2H3;1-2H,3-6H2;2*2H,1H3;/q;;;-1;;/t9-,10-;8-,9-;;;;/m00..../s1/i;;;2T;;. The number of ether oxygens (including phenoxy) is 4. The summed E-state index contributed by atoms with van der Waals surface area (Å²) in [5.41, 5.74) is 0. The van der Waals surface area contributed by atoms with Crippen LogP contribution in [0.4, 0.5) is 0 Å². The number of carbonyl (C=O) groups excluding carboxylic acids is 4. The van der Waals surface area contributed by atoms with Crippen LogP contribution in [-0.4, -0.2) is 79.1 Å². The van der Waals surface area contributed by atoms with E-state index in [9.17, 15) is 19.2 Å². The zero-order valence-corrected chi connectivity index (χ0v) is 31.1. The van der Waals surface area contributed by atoms with Crippen molar-refractivity contribution in [1.82, 2.24) is 5.32 Å². The molecule has 0 unspecified atom stereocenters. The Labute approximate surface area is 277 Å². The SMILES string of the molecule is C1=CCCCC1.CC(=O)O[C@H]1CCCC[C@@H]1OC(C)=O.CC(=O)O[C@H]1CCNC[C@@H]1OC(C)=O.CO.II.[3H][I-]C. The van der Waals surface area contributed by atoms with E-state index in [1.54, 1.807) is 0 Å². The number of piperidine rings is 1. The first-order chi connectivity index (χ1) is 19.6. The molecule has 0 radical (unpaired) electrons. The molecule has 0 aromatic heterocycles. The number of nitrogens with one attached hydrogen (secondary N) is 1. The predicted octanol–water partition coefficient (Wildman–Crippen LogP) is 1.67. The van der Waals surface area contributed by atoms with Crippen molar-refractivity contribution in [2.24, 2.45) is 0 Å². The van der Waals surface area contributed by atoms with Crippen LogP contribution in [0.5, 0.6) is 0 Å². The van der Waals surface area contributed by atoms with Crippen LogP contribution in [0.3, 0.4) is 0 Å². The minimum atomic E-state index is -0.356. The fraction of sp³-hybridized carbons (Fsp3) is 0.778. The average Bonchev–Trinajstić information content (AvgIpc) is 2.94. The molecule has 1 aliphatic heterocycles. The zero-order chi connectivity index (χ0) is 32.1. The first-order valence-electron chi connectivity index (χ1n) is 13.6. The number of rotatable bonds is 4. The third kappa shape index (κ3) is 26.6. The Morgan fingerprint density at radius 2 is 1.05 bits per heavy atom. The van der Waals surface area contributed by atoms with Gasteiger partial charge in [-0.05, 0) is 57.9 Å². The van der Waals surface area contributed by atoms with Crippen molar-refractivity contribution in [3.63, 3.8) is 0 Å². The molecule has 238 valence electrons. The second-order valence-corrected chi connectivity index (χ2v) is 8.62. The first kappa shape index (κ1) is 41.9. The number of aliphatic hydroxyl groups is 1. The second kappa shape index (κ2) is 31.7. The Hall–Kier alpha value is -0.270. The van der Waals surface area contributed by atoms with Gasteiger partial charge in [-0.3, -0.25) is 19.2 Å². The van der Waals surface area contributed by atoms with Crippen molar-refractivity contribution in [3.8, 4) is 0 Å². The average molecular weight is 914 g/mol. The number of carbonyl (C=O) groups is 4. The van der Waals surface area contributed by atoms with Crippen LogP contribution in [0, 0.1) is 0 Å². The number of esters is 4. The quantitative estimate of drug-likeness (QED) is 0.141. The van der Waals surface area contributed by atoms with Crippen LogP contribution < -0.4 is 27.7 Å². The van der Waals surface area contributed by atoms with Crippen LogP contribution in [-0.2, 0) is 38.1 Å². The molecule has 40 heavy (non-hydrogen) atoms. The molecule has 0 bridgehead atoms. The van der Waals surface area contributed by atoms with Crippen molar-refractivity contribution < 1.29 is 65.6 Å². The normalized spacial score (nSPS) is 22.8. The number of hydrogen-bond acceptors (Lipinski definition) is 10. The molecule has 0 amide bonds. The first-order valence-corrected chi connectivity index (χ1v) is 21.6. The van der Waals surface area contributed by atoms with Gasteiger partial charge in [-0.2, -0.15) is 0 Å². The molecule has 13 heteroatoms. The van der Waals surface area contributed by atoms with Gasteiger partial charge >= 0.3 is 51.8 Å². The van der Waals surface area contributed by atoms with E-state index in [-0.39, 0.29) is 70.7 Å². The molecule has 0 spiro atoms. The van der Waals surface area contributed by atoms with Gasteiger partial charge in [0.15, 0.2) is 6.10 Å². The van der Waals surface area contributed by atoms with Gasteiger partial charge in [-0.15, -0.1) is 0 Å².